The van der Waals surface area contributed by atoms with Crippen LogP contribution in [0.2, 0.25) is 0 Å². The van der Waals surface area contributed by atoms with Crippen LogP contribution in [0.4, 0.5) is 11.7 Å². The lowest BCUT2D eigenvalue weighted by Gasteiger charge is -2.08. The van der Waals surface area contributed by atoms with Gasteiger partial charge in [-0.3, -0.25) is 10.1 Å². The van der Waals surface area contributed by atoms with Crippen LogP contribution in [0.15, 0.2) is 22.6 Å². The second-order valence-corrected chi connectivity index (χ2v) is 5.25. The first-order chi connectivity index (χ1) is 9.11. The Morgan fingerprint density at radius 2 is 2.37 bits per heavy atom. The Hall–Kier alpha value is -1.76. The van der Waals surface area contributed by atoms with E-state index in [1.165, 1.54) is 6.07 Å². The summed E-state index contributed by atoms with van der Waals surface area (Å²) in [6.45, 7) is 2.84. The number of aromatic nitrogens is 1. The van der Waals surface area contributed by atoms with Gasteiger partial charge in [0.25, 0.3) is 11.7 Å². The van der Waals surface area contributed by atoms with Crippen LogP contribution < -0.4 is 5.32 Å². The summed E-state index contributed by atoms with van der Waals surface area (Å²) in [6.07, 6.45) is 2.05. The molecule has 19 heavy (non-hydrogen) atoms. The van der Waals surface area contributed by atoms with E-state index in [-0.39, 0.29) is 11.2 Å². The molecule has 0 radical (unpaired) electrons. The fraction of sp³-hybridized carbons (Fsp3) is 0.417. The zero-order valence-corrected chi connectivity index (χ0v) is 11.6. The highest BCUT2D eigenvalue weighted by Gasteiger charge is 2.17. The largest absolute Gasteiger partial charge is 0.423 e. The van der Waals surface area contributed by atoms with Crippen molar-refractivity contribution in [2.75, 3.05) is 23.9 Å². The van der Waals surface area contributed by atoms with Gasteiger partial charge in [0.15, 0.2) is 11.1 Å². The number of para-hydroxylation sites is 1. The average Bonchev–Trinajstić information content (AvgIpc) is 2.79. The number of benzene rings is 1. The molecule has 2 rings (SSSR count). The third-order valence-electron chi connectivity index (χ3n) is 2.65. The standard InChI is InChI=1S/C12H15N3O3S/c1-8(7-19-2)6-13-12-14-11-9(15(16)17)4-3-5-10(11)18-12/h3-5,8H,6-7H2,1-2H3,(H,13,14). The van der Waals surface area contributed by atoms with E-state index in [0.29, 0.717) is 17.5 Å². The highest BCUT2D eigenvalue weighted by molar-refractivity contribution is 7.98. The van der Waals surface area contributed by atoms with Gasteiger partial charge in [0, 0.05) is 12.6 Å². The van der Waals surface area contributed by atoms with Crippen molar-refractivity contribution in [3.8, 4) is 0 Å². The molecule has 1 atom stereocenters. The quantitative estimate of drug-likeness (QED) is 0.647. The molecular formula is C12H15N3O3S. The van der Waals surface area contributed by atoms with Crippen molar-refractivity contribution < 1.29 is 9.34 Å². The Balaban J connectivity index is 2.17. The number of hydrogen-bond acceptors (Lipinski definition) is 6. The molecule has 0 aliphatic heterocycles. The van der Waals surface area contributed by atoms with E-state index in [2.05, 4.69) is 23.5 Å². The summed E-state index contributed by atoms with van der Waals surface area (Å²) in [6, 6.07) is 5.01. The lowest BCUT2D eigenvalue weighted by atomic mass is 10.2. The van der Waals surface area contributed by atoms with Crippen molar-refractivity contribution in [3.05, 3.63) is 28.3 Å². The predicted octanol–water partition coefficient (Wildman–Crippen LogP) is 3.15. The van der Waals surface area contributed by atoms with Crippen LogP contribution in [-0.4, -0.2) is 28.5 Å². The lowest BCUT2D eigenvalue weighted by Crippen LogP contribution is -2.13. The van der Waals surface area contributed by atoms with Gasteiger partial charge in [0.2, 0.25) is 0 Å². The van der Waals surface area contributed by atoms with Crippen molar-refractivity contribution in [3.63, 3.8) is 0 Å². The molecule has 7 heteroatoms. The Morgan fingerprint density at radius 3 is 3.05 bits per heavy atom. The summed E-state index contributed by atoms with van der Waals surface area (Å²) >= 11 is 1.78. The van der Waals surface area contributed by atoms with Crippen molar-refractivity contribution >= 4 is 34.6 Å². The molecule has 102 valence electrons. The van der Waals surface area contributed by atoms with Gasteiger partial charge in [-0.25, -0.2) is 0 Å². The van der Waals surface area contributed by atoms with Crippen molar-refractivity contribution in [2.45, 2.75) is 6.92 Å². The van der Waals surface area contributed by atoms with Gasteiger partial charge in [0.05, 0.1) is 4.92 Å². The molecule has 1 unspecified atom stereocenters. The average molecular weight is 281 g/mol. The number of anilines is 1. The molecule has 1 aromatic carbocycles. The van der Waals surface area contributed by atoms with E-state index < -0.39 is 4.92 Å². The minimum atomic E-state index is -0.453. The maximum Gasteiger partial charge on any atom is 0.298 e. The van der Waals surface area contributed by atoms with Crippen molar-refractivity contribution in [2.24, 2.45) is 5.92 Å². The molecule has 0 spiro atoms. The molecule has 0 bridgehead atoms. The van der Waals surface area contributed by atoms with E-state index in [0.717, 1.165) is 12.3 Å². The number of oxazole rings is 1. The number of hydrogen-bond donors (Lipinski definition) is 1. The first-order valence-electron chi connectivity index (χ1n) is 5.88. The fourth-order valence-electron chi connectivity index (χ4n) is 1.76. The number of nitro benzene ring substituents is 1. The van der Waals surface area contributed by atoms with Gasteiger partial charge in [-0.2, -0.15) is 16.7 Å². The number of non-ortho nitro benzene ring substituents is 1. The van der Waals surface area contributed by atoms with Crippen LogP contribution in [-0.2, 0) is 0 Å². The third-order valence-corrected chi connectivity index (χ3v) is 3.55. The monoisotopic (exact) mass is 281 g/mol. The van der Waals surface area contributed by atoms with Crippen LogP contribution in [0.3, 0.4) is 0 Å². The molecule has 0 saturated heterocycles. The number of nitro groups is 1. The fourth-order valence-corrected chi connectivity index (χ4v) is 2.45. The highest BCUT2D eigenvalue weighted by atomic mass is 32.2. The van der Waals surface area contributed by atoms with Gasteiger partial charge in [-0.15, -0.1) is 0 Å². The summed E-state index contributed by atoms with van der Waals surface area (Å²) in [4.78, 5) is 14.6. The zero-order chi connectivity index (χ0) is 13.8. The highest BCUT2D eigenvalue weighted by Crippen LogP contribution is 2.27. The van der Waals surface area contributed by atoms with Gasteiger partial charge in [-0.1, -0.05) is 13.0 Å². The minimum Gasteiger partial charge on any atom is -0.423 e. The van der Waals surface area contributed by atoms with Gasteiger partial charge in [0.1, 0.15) is 0 Å². The summed E-state index contributed by atoms with van der Waals surface area (Å²) in [7, 11) is 0. The Morgan fingerprint density at radius 1 is 1.58 bits per heavy atom. The predicted molar refractivity (Wildman–Crippen MR) is 76.7 cm³/mol. The SMILES string of the molecule is CSCC(C)CNc1nc2c([N+](=O)[O-])cccc2o1. The second kappa shape index (κ2) is 5.92. The number of nitrogens with one attached hydrogen (secondary N) is 1. The first kappa shape index (κ1) is 13.7. The van der Waals surface area contributed by atoms with E-state index in [4.69, 9.17) is 4.42 Å². The zero-order valence-electron chi connectivity index (χ0n) is 10.8. The van der Waals surface area contributed by atoms with Crippen LogP contribution >= 0.6 is 11.8 Å². The Labute approximate surface area is 114 Å². The van der Waals surface area contributed by atoms with Crippen molar-refractivity contribution in [1.82, 2.24) is 4.98 Å². The maximum absolute atomic E-state index is 10.9. The van der Waals surface area contributed by atoms with Crippen LogP contribution in [0.1, 0.15) is 6.92 Å². The topological polar surface area (TPSA) is 81.2 Å². The molecule has 0 saturated carbocycles. The molecule has 2 aromatic rings. The minimum absolute atomic E-state index is 0.0357. The second-order valence-electron chi connectivity index (χ2n) is 4.34. The Kier molecular flexibility index (Phi) is 4.26. The molecule has 0 aliphatic carbocycles. The third kappa shape index (κ3) is 3.17. The van der Waals surface area contributed by atoms with E-state index in [1.807, 2.05) is 0 Å². The van der Waals surface area contributed by atoms with Crippen LogP contribution in [0, 0.1) is 16.0 Å². The smallest absolute Gasteiger partial charge is 0.298 e. The summed E-state index contributed by atoms with van der Waals surface area (Å²) in [5, 5.41) is 13.9. The summed E-state index contributed by atoms with van der Waals surface area (Å²) in [5.41, 5.74) is 0.674. The number of thioether (sulfide) groups is 1. The molecule has 1 heterocycles. The number of rotatable bonds is 6. The molecule has 0 aliphatic rings. The molecule has 1 aromatic heterocycles. The van der Waals surface area contributed by atoms with Crippen LogP contribution in [0.25, 0.3) is 11.1 Å². The van der Waals surface area contributed by atoms with Gasteiger partial charge < -0.3 is 9.73 Å². The molecule has 0 fully saturated rings. The number of nitrogens with zero attached hydrogens (tertiary/aromatic N) is 2. The lowest BCUT2D eigenvalue weighted by molar-refractivity contribution is -0.383. The number of fused-ring (bicyclic) bond motifs is 1. The molecule has 1 N–H and O–H groups in total. The molecule has 6 nitrogen and oxygen atoms in total. The van der Waals surface area contributed by atoms with E-state index in [9.17, 15) is 10.1 Å². The first-order valence-corrected chi connectivity index (χ1v) is 7.28. The Bertz CT molecular complexity index is 585. The molecule has 0 amide bonds. The maximum atomic E-state index is 10.9. The van der Waals surface area contributed by atoms with Crippen molar-refractivity contribution in [1.29, 1.82) is 0 Å². The van der Waals surface area contributed by atoms with E-state index >= 15 is 0 Å². The molecular weight excluding hydrogens is 266 g/mol. The summed E-state index contributed by atoms with van der Waals surface area (Å²) < 4.78 is 5.45. The van der Waals surface area contributed by atoms with E-state index in [1.54, 1.807) is 23.9 Å². The normalized spacial score (nSPS) is 12.5. The van der Waals surface area contributed by atoms with Gasteiger partial charge >= 0.3 is 0 Å². The van der Waals surface area contributed by atoms with Gasteiger partial charge in [-0.05, 0) is 24.0 Å². The summed E-state index contributed by atoms with van der Waals surface area (Å²) in [5.74, 6) is 1.51. The van der Waals surface area contributed by atoms with Crippen LogP contribution in [0.5, 0.6) is 0 Å².